The summed E-state index contributed by atoms with van der Waals surface area (Å²) in [5.41, 5.74) is 3.32. The molecule has 94 valence electrons. The second kappa shape index (κ2) is 5.63. The van der Waals surface area contributed by atoms with Crippen molar-refractivity contribution in [1.29, 1.82) is 0 Å². The molecule has 18 heavy (non-hydrogen) atoms. The van der Waals surface area contributed by atoms with Crippen molar-refractivity contribution in [2.24, 2.45) is 0 Å². The van der Waals surface area contributed by atoms with Gasteiger partial charge in [0.2, 0.25) is 0 Å². The number of benzene rings is 1. The average Bonchev–Trinajstić information content (AvgIpc) is 2.40. The zero-order valence-electron chi connectivity index (χ0n) is 11.2. The van der Waals surface area contributed by atoms with Gasteiger partial charge >= 0.3 is 0 Å². The zero-order chi connectivity index (χ0) is 13.0. The molecular weight excluding hydrogens is 222 g/mol. The van der Waals surface area contributed by atoms with E-state index in [1.54, 1.807) is 0 Å². The maximum atomic E-state index is 4.64. The summed E-state index contributed by atoms with van der Waals surface area (Å²) in [7, 11) is 0. The van der Waals surface area contributed by atoms with Gasteiger partial charge in [0.15, 0.2) is 5.82 Å². The molecule has 0 aliphatic carbocycles. The molecule has 0 saturated heterocycles. The number of nitrogens with zero attached hydrogens (tertiary/aromatic N) is 2. The second-order valence-electron chi connectivity index (χ2n) is 4.21. The van der Waals surface area contributed by atoms with Crippen LogP contribution in [-0.4, -0.2) is 16.5 Å². The van der Waals surface area contributed by atoms with Crippen LogP contribution >= 0.6 is 0 Å². The quantitative estimate of drug-likeness (QED) is 0.891. The SMILES string of the molecule is CCNc1nc(-c2ccccc2)nc(C)c1CC. The Morgan fingerprint density at radius 1 is 1.06 bits per heavy atom. The zero-order valence-corrected chi connectivity index (χ0v) is 11.2. The van der Waals surface area contributed by atoms with E-state index in [0.717, 1.165) is 35.9 Å². The molecule has 2 aromatic rings. The summed E-state index contributed by atoms with van der Waals surface area (Å²) in [4.78, 5) is 9.25. The Balaban J connectivity index is 2.51. The average molecular weight is 241 g/mol. The van der Waals surface area contributed by atoms with Gasteiger partial charge in [0.05, 0.1) is 0 Å². The van der Waals surface area contributed by atoms with Gasteiger partial charge in [0.1, 0.15) is 5.82 Å². The molecule has 3 heteroatoms. The van der Waals surface area contributed by atoms with Crippen molar-refractivity contribution in [2.75, 3.05) is 11.9 Å². The van der Waals surface area contributed by atoms with E-state index >= 15 is 0 Å². The van der Waals surface area contributed by atoms with Gasteiger partial charge in [-0.05, 0) is 20.3 Å². The molecular formula is C15H19N3. The largest absolute Gasteiger partial charge is 0.370 e. The lowest BCUT2D eigenvalue weighted by Gasteiger charge is -2.12. The van der Waals surface area contributed by atoms with Crippen LogP contribution in [0.15, 0.2) is 30.3 Å². The van der Waals surface area contributed by atoms with Gasteiger partial charge in [-0.15, -0.1) is 0 Å². The second-order valence-corrected chi connectivity index (χ2v) is 4.21. The van der Waals surface area contributed by atoms with E-state index in [-0.39, 0.29) is 0 Å². The first-order chi connectivity index (χ1) is 8.76. The van der Waals surface area contributed by atoms with Gasteiger partial charge < -0.3 is 5.32 Å². The molecule has 0 fully saturated rings. The van der Waals surface area contributed by atoms with Crippen molar-refractivity contribution in [3.8, 4) is 11.4 Å². The molecule has 0 bridgehead atoms. The fourth-order valence-corrected chi connectivity index (χ4v) is 2.05. The highest BCUT2D eigenvalue weighted by atomic mass is 15.0. The first kappa shape index (κ1) is 12.6. The third-order valence-corrected chi connectivity index (χ3v) is 2.94. The highest BCUT2D eigenvalue weighted by Gasteiger charge is 2.10. The van der Waals surface area contributed by atoms with E-state index < -0.39 is 0 Å². The Kier molecular flexibility index (Phi) is 3.92. The van der Waals surface area contributed by atoms with Crippen molar-refractivity contribution in [1.82, 2.24) is 9.97 Å². The third kappa shape index (κ3) is 2.50. The van der Waals surface area contributed by atoms with Crippen molar-refractivity contribution >= 4 is 5.82 Å². The van der Waals surface area contributed by atoms with Crippen LogP contribution in [0.1, 0.15) is 25.1 Å². The monoisotopic (exact) mass is 241 g/mol. The predicted octanol–water partition coefficient (Wildman–Crippen LogP) is 3.45. The van der Waals surface area contributed by atoms with Gasteiger partial charge in [0.25, 0.3) is 0 Å². The van der Waals surface area contributed by atoms with Gasteiger partial charge in [0, 0.05) is 23.4 Å². The first-order valence-corrected chi connectivity index (χ1v) is 6.43. The molecule has 1 aromatic carbocycles. The smallest absolute Gasteiger partial charge is 0.161 e. The first-order valence-electron chi connectivity index (χ1n) is 6.43. The molecule has 1 heterocycles. The molecule has 0 radical (unpaired) electrons. The van der Waals surface area contributed by atoms with Gasteiger partial charge in [-0.1, -0.05) is 37.3 Å². The van der Waals surface area contributed by atoms with Crippen LogP contribution in [0.2, 0.25) is 0 Å². The van der Waals surface area contributed by atoms with Crippen LogP contribution in [0.4, 0.5) is 5.82 Å². The van der Waals surface area contributed by atoms with Crippen LogP contribution in [0, 0.1) is 6.92 Å². The van der Waals surface area contributed by atoms with Crippen molar-refractivity contribution in [3.05, 3.63) is 41.6 Å². The number of hydrogen-bond acceptors (Lipinski definition) is 3. The molecule has 2 rings (SSSR count). The minimum absolute atomic E-state index is 0.793. The maximum Gasteiger partial charge on any atom is 0.161 e. The highest BCUT2D eigenvalue weighted by Crippen LogP contribution is 2.22. The predicted molar refractivity (Wildman–Crippen MR) is 75.7 cm³/mol. The standard InChI is InChI=1S/C15H19N3/c1-4-13-11(3)17-14(18-15(13)16-5-2)12-9-7-6-8-10-12/h6-10H,4-5H2,1-3H3,(H,16,17,18). The fourth-order valence-electron chi connectivity index (χ4n) is 2.05. The summed E-state index contributed by atoms with van der Waals surface area (Å²) < 4.78 is 0. The molecule has 1 N–H and O–H groups in total. The van der Waals surface area contributed by atoms with Crippen LogP contribution in [0.3, 0.4) is 0 Å². The van der Waals surface area contributed by atoms with E-state index in [1.165, 1.54) is 5.56 Å². The number of aryl methyl sites for hydroxylation is 1. The normalized spacial score (nSPS) is 10.4. The van der Waals surface area contributed by atoms with E-state index in [2.05, 4.69) is 29.1 Å². The van der Waals surface area contributed by atoms with Gasteiger partial charge in [-0.2, -0.15) is 0 Å². The molecule has 1 aromatic heterocycles. The van der Waals surface area contributed by atoms with Crippen molar-refractivity contribution in [2.45, 2.75) is 27.2 Å². The molecule has 0 aliphatic rings. The van der Waals surface area contributed by atoms with Crippen LogP contribution < -0.4 is 5.32 Å². The summed E-state index contributed by atoms with van der Waals surface area (Å²) in [6, 6.07) is 10.1. The summed E-state index contributed by atoms with van der Waals surface area (Å²) in [5.74, 6) is 1.76. The van der Waals surface area contributed by atoms with E-state index in [9.17, 15) is 0 Å². The lowest BCUT2D eigenvalue weighted by molar-refractivity contribution is 0.989. The molecule has 0 saturated carbocycles. The van der Waals surface area contributed by atoms with Crippen LogP contribution in [0.25, 0.3) is 11.4 Å². The van der Waals surface area contributed by atoms with Gasteiger partial charge in [-0.3, -0.25) is 0 Å². The van der Waals surface area contributed by atoms with Crippen LogP contribution in [-0.2, 0) is 6.42 Å². The molecule has 0 aliphatic heterocycles. The molecule has 0 atom stereocenters. The Hall–Kier alpha value is -1.90. The Morgan fingerprint density at radius 3 is 2.39 bits per heavy atom. The highest BCUT2D eigenvalue weighted by molar-refractivity contribution is 5.59. The number of aromatic nitrogens is 2. The Bertz CT molecular complexity index is 521. The van der Waals surface area contributed by atoms with E-state index in [1.807, 2.05) is 37.3 Å². The summed E-state index contributed by atoms with van der Waals surface area (Å²) in [6.45, 7) is 7.14. The summed E-state index contributed by atoms with van der Waals surface area (Å²) in [6.07, 6.45) is 0.948. The number of rotatable bonds is 4. The van der Waals surface area contributed by atoms with Crippen molar-refractivity contribution in [3.63, 3.8) is 0 Å². The number of nitrogens with one attached hydrogen (secondary N) is 1. The minimum atomic E-state index is 0.793. The summed E-state index contributed by atoms with van der Waals surface area (Å²) >= 11 is 0. The Labute approximate surface area is 108 Å². The fraction of sp³-hybridized carbons (Fsp3) is 0.333. The Morgan fingerprint density at radius 2 is 1.78 bits per heavy atom. The molecule has 3 nitrogen and oxygen atoms in total. The minimum Gasteiger partial charge on any atom is -0.370 e. The number of hydrogen-bond donors (Lipinski definition) is 1. The lowest BCUT2D eigenvalue weighted by atomic mass is 10.1. The van der Waals surface area contributed by atoms with Crippen LogP contribution in [0.5, 0.6) is 0 Å². The molecule has 0 amide bonds. The maximum absolute atomic E-state index is 4.64. The molecule has 0 spiro atoms. The topological polar surface area (TPSA) is 37.8 Å². The molecule has 0 unspecified atom stereocenters. The third-order valence-electron chi connectivity index (χ3n) is 2.94. The van der Waals surface area contributed by atoms with Gasteiger partial charge in [-0.25, -0.2) is 9.97 Å². The summed E-state index contributed by atoms with van der Waals surface area (Å²) in [5, 5.41) is 3.33. The van der Waals surface area contributed by atoms with Crippen molar-refractivity contribution < 1.29 is 0 Å². The lowest BCUT2D eigenvalue weighted by Crippen LogP contribution is -2.07. The van der Waals surface area contributed by atoms with E-state index in [4.69, 9.17) is 0 Å². The number of anilines is 1. The van der Waals surface area contributed by atoms with E-state index in [0.29, 0.717) is 0 Å².